The zero-order chi connectivity index (χ0) is 19.7. The number of hydrogen-bond acceptors (Lipinski definition) is 6. The fourth-order valence-corrected chi connectivity index (χ4v) is 4.03. The van der Waals surface area contributed by atoms with Crippen molar-refractivity contribution in [1.82, 2.24) is 25.6 Å². The third-order valence-corrected chi connectivity index (χ3v) is 5.69. The Kier molecular flexibility index (Phi) is 5.53. The Bertz CT molecular complexity index is 694. The van der Waals surface area contributed by atoms with Gasteiger partial charge in [-0.25, -0.2) is 0 Å². The van der Waals surface area contributed by atoms with E-state index in [9.17, 15) is 14.7 Å². The van der Waals surface area contributed by atoms with Crippen molar-refractivity contribution in [2.75, 3.05) is 19.7 Å². The molecule has 0 aliphatic carbocycles. The molecule has 0 aromatic carbocycles. The number of rotatable bonds is 4. The molecule has 2 amide bonds. The summed E-state index contributed by atoms with van der Waals surface area (Å²) in [6.45, 7) is 6.79. The number of carbonyl (C=O) groups excluding carboxylic acids is 2. The molecule has 3 heterocycles. The molecule has 2 fully saturated rings. The Morgan fingerprint density at radius 3 is 2.63 bits per heavy atom. The third-order valence-electron chi connectivity index (χ3n) is 5.69. The molecule has 2 aliphatic rings. The second-order valence-corrected chi connectivity index (χ2v) is 7.95. The van der Waals surface area contributed by atoms with Crippen molar-refractivity contribution < 1.29 is 19.4 Å². The summed E-state index contributed by atoms with van der Waals surface area (Å²) in [6.07, 6.45) is 2.92. The summed E-state index contributed by atoms with van der Waals surface area (Å²) >= 11 is 0. The lowest BCUT2D eigenvalue weighted by Crippen LogP contribution is -2.64. The number of piperidine rings is 1. The molecule has 0 bridgehead atoms. The number of aromatic nitrogens is 3. The van der Waals surface area contributed by atoms with Gasteiger partial charge in [0.1, 0.15) is 0 Å². The predicted octanol–water partition coefficient (Wildman–Crippen LogP) is 0.544. The number of ether oxygens (including phenoxy) is 1. The van der Waals surface area contributed by atoms with Crippen LogP contribution >= 0.6 is 0 Å². The van der Waals surface area contributed by atoms with Crippen LogP contribution in [0.2, 0.25) is 0 Å². The van der Waals surface area contributed by atoms with Gasteiger partial charge in [0.05, 0.1) is 29.5 Å². The van der Waals surface area contributed by atoms with Crippen molar-refractivity contribution >= 4 is 11.8 Å². The number of hydrogen-bond donors (Lipinski definition) is 3. The molecule has 0 radical (unpaired) electrons. The highest BCUT2D eigenvalue weighted by molar-refractivity contribution is 5.93. The molecule has 9 heteroatoms. The van der Waals surface area contributed by atoms with E-state index in [1.54, 1.807) is 18.7 Å². The van der Waals surface area contributed by atoms with Gasteiger partial charge in [-0.1, -0.05) is 6.92 Å². The Morgan fingerprint density at radius 1 is 1.37 bits per heavy atom. The summed E-state index contributed by atoms with van der Waals surface area (Å²) in [5.41, 5.74) is -0.578. The highest BCUT2D eigenvalue weighted by Gasteiger charge is 2.50. The van der Waals surface area contributed by atoms with Crippen LogP contribution in [0.4, 0.5) is 0 Å². The zero-order valence-corrected chi connectivity index (χ0v) is 16.2. The van der Waals surface area contributed by atoms with Crippen LogP contribution in [0.5, 0.6) is 0 Å². The maximum absolute atomic E-state index is 12.6. The topological polar surface area (TPSA) is 120 Å². The van der Waals surface area contributed by atoms with E-state index in [0.717, 1.165) is 6.42 Å². The smallest absolute Gasteiger partial charge is 0.276 e. The molecule has 3 N–H and O–H groups in total. The number of nitrogens with zero attached hydrogens (tertiary/aromatic N) is 3. The van der Waals surface area contributed by atoms with Gasteiger partial charge in [-0.05, 0) is 33.1 Å². The molecule has 3 rings (SSSR count). The lowest BCUT2D eigenvalue weighted by molar-refractivity contribution is -0.187. The minimum absolute atomic E-state index is 0.0641. The quantitative estimate of drug-likeness (QED) is 0.702. The Hall–Kier alpha value is -2.00. The van der Waals surface area contributed by atoms with E-state index in [1.807, 2.05) is 6.92 Å². The molecule has 1 spiro atoms. The first-order valence-electron chi connectivity index (χ1n) is 9.59. The van der Waals surface area contributed by atoms with Gasteiger partial charge in [-0.2, -0.15) is 15.4 Å². The van der Waals surface area contributed by atoms with Crippen LogP contribution in [0.1, 0.15) is 62.1 Å². The van der Waals surface area contributed by atoms with Crippen molar-refractivity contribution in [2.45, 2.75) is 70.1 Å². The molecule has 0 unspecified atom stereocenters. The monoisotopic (exact) mass is 379 g/mol. The van der Waals surface area contributed by atoms with E-state index in [2.05, 4.69) is 20.7 Å². The largest absolute Gasteiger partial charge is 0.388 e. The summed E-state index contributed by atoms with van der Waals surface area (Å²) in [6, 6.07) is -0.417. The fraction of sp³-hybridized carbons (Fsp3) is 0.778. The molecule has 9 nitrogen and oxygen atoms in total. The summed E-state index contributed by atoms with van der Waals surface area (Å²) in [7, 11) is 0. The molecule has 27 heavy (non-hydrogen) atoms. The number of nitrogens with one attached hydrogen (secondary N) is 2. The number of carbonyl (C=O) groups is 2. The molecule has 1 aromatic rings. The van der Waals surface area contributed by atoms with Gasteiger partial charge < -0.3 is 20.1 Å². The van der Waals surface area contributed by atoms with E-state index < -0.39 is 17.2 Å². The summed E-state index contributed by atoms with van der Waals surface area (Å²) in [4.78, 5) is 26.2. The van der Waals surface area contributed by atoms with Crippen LogP contribution in [-0.2, 0) is 9.53 Å². The number of likely N-dealkylation sites (tertiary alicyclic amines) is 1. The first-order chi connectivity index (χ1) is 12.8. The molecule has 1 aromatic heterocycles. The number of aliphatic hydroxyl groups is 1. The van der Waals surface area contributed by atoms with Crippen LogP contribution in [0, 0.1) is 6.92 Å². The van der Waals surface area contributed by atoms with Gasteiger partial charge in [0.15, 0.2) is 5.69 Å². The minimum atomic E-state index is -1.05. The minimum Gasteiger partial charge on any atom is -0.388 e. The highest BCUT2D eigenvalue weighted by Crippen LogP contribution is 2.39. The highest BCUT2D eigenvalue weighted by atomic mass is 16.5. The Labute approximate surface area is 158 Å². The van der Waals surface area contributed by atoms with Crippen LogP contribution < -0.4 is 5.32 Å². The summed E-state index contributed by atoms with van der Waals surface area (Å²) in [5, 5.41) is 24.1. The molecule has 0 saturated carbocycles. The van der Waals surface area contributed by atoms with Crippen molar-refractivity contribution in [3.63, 3.8) is 0 Å². The Balaban J connectivity index is 1.59. The van der Waals surface area contributed by atoms with E-state index in [-0.39, 0.29) is 18.4 Å². The average Bonchev–Trinajstić information content (AvgIpc) is 3.03. The Morgan fingerprint density at radius 2 is 2.07 bits per heavy atom. The third kappa shape index (κ3) is 4.14. The molecule has 150 valence electrons. The van der Waals surface area contributed by atoms with E-state index in [0.29, 0.717) is 50.2 Å². The zero-order valence-electron chi connectivity index (χ0n) is 16.2. The first-order valence-corrected chi connectivity index (χ1v) is 9.59. The first kappa shape index (κ1) is 19.8. The van der Waals surface area contributed by atoms with Gasteiger partial charge in [-0.3, -0.25) is 9.59 Å². The summed E-state index contributed by atoms with van der Waals surface area (Å²) in [5.74, 6) is -0.200. The van der Waals surface area contributed by atoms with E-state index >= 15 is 0 Å². The number of H-pyrrole nitrogens is 1. The number of aryl methyl sites for hydroxylation is 1. The standard InChI is InChI=1S/C18H29N5O4/c1-4-5-14(24)19-13-10-27-18(11-17(13,3)26)6-8-23(9-7-18)16(25)15-12(2)20-22-21-15/h13,26H,4-11H2,1-3H3,(H,19,24)(H,20,21,22)/t13-,17-/m0/s1. The predicted molar refractivity (Wildman–Crippen MR) is 97.0 cm³/mol. The normalized spacial score (nSPS) is 27.6. The molecule has 2 saturated heterocycles. The van der Waals surface area contributed by atoms with Gasteiger partial charge in [0.2, 0.25) is 5.91 Å². The van der Waals surface area contributed by atoms with Crippen molar-refractivity contribution in [3.8, 4) is 0 Å². The van der Waals surface area contributed by atoms with Crippen molar-refractivity contribution in [3.05, 3.63) is 11.4 Å². The van der Waals surface area contributed by atoms with Gasteiger partial charge in [-0.15, -0.1) is 0 Å². The maximum atomic E-state index is 12.6. The lowest BCUT2D eigenvalue weighted by Gasteiger charge is -2.51. The second kappa shape index (κ2) is 7.55. The van der Waals surface area contributed by atoms with E-state index in [4.69, 9.17) is 4.74 Å². The van der Waals surface area contributed by atoms with E-state index in [1.165, 1.54) is 0 Å². The van der Waals surface area contributed by atoms with Gasteiger partial charge >= 0.3 is 0 Å². The molecular weight excluding hydrogens is 350 g/mol. The fourth-order valence-electron chi connectivity index (χ4n) is 4.03. The molecular formula is C18H29N5O4. The van der Waals surface area contributed by atoms with Gasteiger partial charge in [0, 0.05) is 25.9 Å². The van der Waals surface area contributed by atoms with Crippen molar-refractivity contribution in [1.29, 1.82) is 0 Å². The van der Waals surface area contributed by atoms with Crippen molar-refractivity contribution in [2.24, 2.45) is 0 Å². The summed E-state index contributed by atoms with van der Waals surface area (Å²) < 4.78 is 6.13. The van der Waals surface area contributed by atoms with Gasteiger partial charge in [0.25, 0.3) is 5.91 Å². The van der Waals surface area contributed by atoms with Crippen LogP contribution in [0.15, 0.2) is 0 Å². The average molecular weight is 379 g/mol. The van der Waals surface area contributed by atoms with Crippen LogP contribution in [0.25, 0.3) is 0 Å². The lowest BCUT2D eigenvalue weighted by atomic mass is 9.75. The molecule has 2 atom stereocenters. The maximum Gasteiger partial charge on any atom is 0.276 e. The number of amides is 2. The van der Waals surface area contributed by atoms with Crippen LogP contribution in [-0.4, -0.2) is 74.2 Å². The van der Waals surface area contributed by atoms with Crippen LogP contribution in [0.3, 0.4) is 0 Å². The molecule has 2 aliphatic heterocycles. The second-order valence-electron chi connectivity index (χ2n) is 7.95. The SMILES string of the molecule is CCCC(=O)N[C@H]1COC2(CCN(C(=O)c3n[nH]nc3C)CC2)C[C@]1(C)O. The number of aromatic amines is 1.